The molecule has 1 aromatic carbocycles. The smallest absolute Gasteiger partial charge is 0.0639 e. The number of halogens is 3. The summed E-state index contributed by atoms with van der Waals surface area (Å²) in [6.45, 7) is 5.81. The molecule has 0 nitrogen and oxygen atoms in total. The Kier molecular flexibility index (Phi) is 4.31. The molecule has 0 radical (unpaired) electrons. The molecule has 0 atom stereocenters. The molecule has 0 aliphatic rings. The van der Waals surface area contributed by atoms with E-state index in [2.05, 4.69) is 6.58 Å². The molecule has 3 heteroatoms. The van der Waals surface area contributed by atoms with Crippen LogP contribution in [0.15, 0.2) is 24.3 Å². The van der Waals surface area contributed by atoms with Crippen LogP contribution in [0.4, 0.5) is 0 Å². The molecule has 0 bridgehead atoms. The van der Waals surface area contributed by atoms with Gasteiger partial charge in [0.15, 0.2) is 0 Å². The van der Waals surface area contributed by atoms with Crippen LogP contribution in [0.5, 0.6) is 0 Å². The zero-order valence-electron chi connectivity index (χ0n) is 7.91. The van der Waals surface area contributed by atoms with Gasteiger partial charge in [0, 0.05) is 5.02 Å². The molecule has 14 heavy (non-hydrogen) atoms. The zero-order chi connectivity index (χ0) is 10.7. The molecular formula is C11H11Cl3. The van der Waals surface area contributed by atoms with Crippen molar-refractivity contribution in [1.82, 2.24) is 0 Å². The summed E-state index contributed by atoms with van der Waals surface area (Å²) < 4.78 is 0. The highest BCUT2D eigenvalue weighted by Crippen LogP contribution is 2.32. The van der Waals surface area contributed by atoms with Gasteiger partial charge >= 0.3 is 0 Å². The third kappa shape index (κ3) is 2.91. The maximum atomic E-state index is 6.04. The molecule has 0 saturated carbocycles. The first-order valence-corrected chi connectivity index (χ1v) is 5.42. The lowest BCUT2D eigenvalue weighted by atomic mass is 10.1. The van der Waals surface area contributed by atoms with E-state index in [4.69, 9.17) is 34.8 Å². The second kappa shape index (κ2) is 5.06. The van der Waals surface area contributed by atoms with Gasteiger partial charge in [0.2, 0.25) is 0 Å². The molecule has 0 unspecified atom stereocenters. The molecule has 76 valence electrons. The maximum Gasteiger partial charge on any atom is 0.0639 e. The SMILES string of the molecule is C=C(C)CCc1c(Cl)ccc(Cl)c1Cl. The highest BCUT2D eigenvalue weighted by molar-refractivity contribution is 6.44. The molecule has 0 aromatic heterocycles. The molecule has 0 spiro atoms. The van der Waals surface area contributed by atoms with E-state index >= 15 is 0 Å². The first-order chi connectivity index (χ1) is 6.52. The van der Waals surface area contributed by atoms with E-state index in [1.165, 1.54) is 0 Å². The highest BCUT2D eigenvalue weighted by Gasteiger charge is 2.08. The summed E-state index contributed by atoms with van der Waals surface area (Å²) in [5, 5.41) is 1.77. The normalized spacial score (nSPS) is 10.3. The lowest BCUT2D eigenvalue weighted by Gasteiger charge is -2.07. The number of allylic oxidation sites excluding steroid dienone is 1. The van der Waals surface area contributed by atoms with Crippen LogP contribution < -0.4 is 0 Å². The number of benzene rings is 1. The molecule has 1 rings (SSSR count). The summed E-state index contributed by atoms with van der Waals surface area (Å²) in [4.78, 5) is 0. The van der Waals surface area contributed by atoms with Crippen LogP contribution in [-0.4, -0.2) is 0 Å². The van der Waals surface area contributed by atoms with Gasteiger partial charge in [-0.25, -0.2) is 0 Å². The standard InChI is InChI=1S/C11H11Cl3/c1-7(2)3-4-8-9(12)5-6-10(13)11(8)14/h5-6H,1,3-4H2,2H3. The minimum Gasteiger partial charge on any atom is -0.100 e. The summed E-state index contributed by atoms with van der Waals surface area (Å²) in [5.41, 5.74) is 2.01. The van der Waals surface area contributed by atoms with E-state index in [0.717, 1.165) is 24.0 Å². The van der Waals surface area contributed by atoms with Gasteiger partial charge in [-0.2, -0.15) is 0 Å². The Morgan fingerprint density at radius 3 is 2.36 bits per heavy atom. The van der Waals surface area contributed by atoms with Crippen LogP contribution in [0.1, 0.15) is 18.9 Å². The van der Waals surface area contributed by atoms with E-state index in [1.807, 2.05) is 6.92 Å². The Morgan fingerprint density at radius 1 is 1.21 bits per heavy atom. The largest absolute Gasteiger partial charge is 0.100 e. The van der Waals surface area contributed by atoms with Crippen molar-refractivity contribution in [2.24, 2.45) is 0 Å². The highest BCUT2D eigenvalue weighted by atomic mass is 35.5. The number of hydrogen-bond donors (Lipinski definition) is 0. The fourth-order valence-corrected chi connectivity index (χ4v) is 1.87. The molecule has 0 aliphatic heterocycles. The van der Waals surface area contributed by atoms with Gasteiger partial charge in [0.05, 0.1) is 10.0 Å². The fourth-order valence-electron chi connectivity index (χ4n) is 1.14. The molecule has 0 heterocycles. The molecule has 0 aliphatic carbocycles. The van der Waals surface area contributed by atoms with E-state index < -0.39 is 0 Å². The Labute approximate surface area is 99.5 Å². The molecule has 0 amide bonds. The van der Waals surface area contributed by atoms with Crippen LogP contribution in [-0.2, 0) is 6.42 Å². The summed E-state index contributed by atoms with van der Waals surface area (Å²) in [6, 6.07) is 3.47. The average Bonchev–Trinajstić information content (AvgIpc) is 2.11. The summed E-state index contributed by atoms with van der Waals surface area (Å²) in [5.74, 6) is 0. The van der Waals surface area contributed by atoms with Crippen molar-refractivity contribution in [3.8, 4) is 0 Å². The lowest BCUT2D eigenvalue weighted by molar-refractivity contribution is 0.946. The van der Waals surface area contributed by atoms with Gasteiger partial charge in [-0.05, 0) is 37.5 Å². The van der Waals surface area contributed by atoms with E-state index in [1.54, 1.807) is 12.1 Å². The Balaban J connectivity index is 2.95. The van der Waals surface area contributed by atoms with Gasteiger partial charge in [0.1, 0.15) is 0 Å². The van der Waals surface area contributed by atoms with Gasteiger partial charge in [-0.1, -0.05) is 40.4 Å². The number of hydrogen-bond acceptors (Lipinski definition) is 0. The van der Waals surface area contributed by atoms with Crippen LogP contribution in [0.2, 0.25) is 15.1 Å². The second-order valence-electron chi connectivity index (χ2n) is 3.28. The van der Waals surface area contributed by atoms with Crippen molar-refractivity contribution in [3.05, 3.63) is 44.9 Å². The van der Waals surface area contributed by atoms with Crippen molar-refractivity contribution < 1.29 is 0 Å². The Hall–Kier alpha value is -0.170. The molecule has 0 N–H and O–H groups in total. The Morgan fingerprint density at radius 2 is 1.79 bits per heavy atom. The molecule has 1 aromatic rings. The van der Waals surface area contributed by atoms with E-state index in [9.17, 15) is 0 Å². The Bertz CT molecular complexity index is 356. The quantitative estimate of drug-likeness (QED) is 0.513. The predicted octanol–water partition coefficient (Wildman–Crippen LogP) is 5.16. The van der Waals surface area contributed by atoms with Crippen molar-refractivity contribution in [2.45, 2.75) is 19.8 Å². The first-order valence-electron chi connectivity index (χ1n) is 4.29. The molecular weight excluding hydrogens is 238 g/mol. The van der Waals surface area contributed by atoms with Crippen LogP contribution in [0.3, 0.4) is 0 Å². The van der Waals surface area contributed by atoms with Crippen LogP contribution in [0, 0.1) is 0 Å². The van der Waals surface area contributed by atoms with Crippen molar-refractivity contribution in [2.75, 3.05) is 0 Å². The summed E-state index contributed by atoms with van der Waals surface area (Å²) in [7, 11) is 0. The van der Waals surface area contributed by atoms with Crippen LogP contribution >= 0.6 is 34.8 Å². The topological polar surface area (TPSA) is 0 Å². The molecule has 0 saturated heterocycles. The summed E-state index contributed by atoms with van der Waals surface area (Å²) in [6.07, 6.45) is 1.66. The maximum absolute atomic E-state index is 6.04. The minimum atomic E-state index is 0.549. The van der Waals surface area contributed by atoms with Crippen LogP contribution in [0.25, 0.3) is 0 Å². The van der Waals surface area contributed by atoms with Crippen molar-refractivity contribution >= 4 is 34.8 Å². The van der Waals surface area contributed by atoms with Crippen molar-refractivity contribution in [3.63, 3.8) is 0 Å². The van der Waals surface area contributed by atoms with Crippen molar-refractivity contribution in [1.29, 1.82) is 0 Å². The third-order valence-corrected chi connectivity index (χ3v) is 3.14. The van der Waals surface area contributed by atoms with E-state index in [-0.39, 0.29) is 0 Å². The van der Waals surface area contributed by atoms with Gasteiger partial charge in [-0.15, -0.1) is 6.58 Å². The predicted molar refractivity (Wildman–Crippen MR) is 64.6 cm³/mol. The molecule has 0 fully saturated rings. The zero-order valence-corrected chi connectivity index (χ0v) is 10.2. The summed E-state index contributed by atoms with van der Waals surface area (Å²) >= 11 is 17.9. The van der Waals surface area contributed by atoms with Gasteiger partial charge in [-0.3, -0.25) is 0 Å². The minimum absolute atomic E-state index is 0.549. The van der Waals surface area contributed by atoms with E-state index in [0.29, 0.717) is 15.1 Å². The average molecular weight is 250 g/mol. The number of rotatable bonds is 3. The third-order valence-electron chi connectivity index (χ3n) is 1.94. The monoisotopic (exact) mass is 248 g/mol. The van der Waals surface area contributed by atoms with Gasteiger partial charge in [0.25, 0.3) is 0 Å². The second-order valence-corrected chi connectivity index (χ2v) is 4.47. The van der Waals surface area contributed by atoms with Gasteiger partial charge < -0.3 is 0 Å². The fraction of sp³-hybridized carbons (Fsp3) is 0.273. The lowest BCUT2D eigenvalue weighted by Crippen LogP contribution is -1.90. The first kappa shape index (κ1) is 11.9.